The predicted octanol–water partition coefficient (Wildman–Crippen LogP) is 2.74. The first-order chi connectivity index (χ1) is 19.8. The van der Waals surface area contributed by atoms with Crippen LogP contribution >= 0.6 is 0 Å². The molecule has 4 aromatic rings. The number of hydrogen-bond donors (Lipinski definition) is 2. The SMILES string of the molecule is COc1cc2ncc(-c3cn(-c4cc(C)c(F)cc4C)nn3)n2cc1N1CCN(CC(C)O)CC1.O=CNC1CC1. The molecule has 2 N–H and O–H groups in total. The number of pyridine rings is 1. The number of nitrogens with zero attached hydrogens (tertiary/aromatic N) is 7. The van der Waals surface area contributed by atoms with E-state index in [0.717, 1.165) is 66.6 Å². The second-order valence-corrected chi connectivity index (χ2v) is 10.7. The van der Waals surface area contributed by atoms with Crippen molar-refractivity contribution in [2.45, 2.75) is 45.8 Å². The van der Waals surface area contributed by atoms with E-state index in [2.05, 4.69) is 30.4 Å². The van der Waals surface area contributed by atoms with Gasteiger partial charge in [0.2, 0.25) is 6.41 Å². The van der Waals surface area contributed by atoms with Crippen LogP contribution in [0.1, 0.15) is 30.9 Å². The molecule has 218 valence electrons. The first-order valence-electron chi connectivity index (χ1n) is 13.9. The molecule has 11 nitrogen and oxygen atoms in total. The number of aliphatic hydroxyl groups excluding tert-OH is 1. The Morgan fingerprint density at radius 1 is 1.12 bits per heavy atom. The molecule has 2 fully saturated rings. The first kappa shape index (κ1) is 28.5. The molecular formula is C29H37FN8O3. The third-order valence-corrected chi connectivity index (χ3v) is 7.41. The summed E-state index contributed by atoms with van der Waals surface area (Å²) in [5.74, 6) is 0.529. The summed E-state index contributed by atoms with van der Waals surface area (Å²) in [5.41, 5.74) is 5.32. The predicted molar refractivity (Wildman–Crippen MR) is 154 cm³/mol. The maximum atomic E-state index is 13.9. The first-order valence-corrected chi connectivity index (χ1v) is 13.9. The molecule has 4 heterocycles. The van der Waals surface area contributed by atoms with E-state index in [4.69, 9.17) is 4.74 Å². The summed E-state index contributed by atoms with van der Waals surface area (Å²) in [6.07, 6.45) is 8.43. The lowest BCUT2D eigenvalue weighted by atomic mass is 10.1. The van der Waals surface area contributed by atoms with Gasteiger partial charge in [-0.2, -0.15) is 0 Å². The molecule has 12 heteroatoms. The standard InChI is InChI=1S/C25H30FN7O2.C4H7NO/c1-16-10-21(17(2)9-19(16)26)33-14-20(28-29-33)22-12-27-25-11-24(35-4)23(15-32(22)25)31-7-5-30(6-8-31)13-18(3)34;6-3-5-4-1-2-4/h9-12,14-15,18,34H,5-8,13H2,1-4H3;3-4H,1-2H2,(H,5,6). The number of fused-ring (bicyclic) bond motifs is 1. The summed E-state index contributed by atoms with van der Waals surface area (Å²) in [7, 11) is 1.67. The van der Waals surface area contributed by atoms with Crippen molar-refractivity contribution >= 4 is 17.7 Å². The lowest BCUT2D eigenvalue weighted by molar-refractivity contribution is -0.109. The average molecular weight is 565 g/mol. The molecule has 1 unspecified atom stereocenters. The lowest BCUT2D eigenvalue weighted by Crippen LogP contribution is -2.48. The van der Waals surface area contributed by atoms with Gasteiger partial charge >= 0.3 is 0 Å². The molecule has 1 saturated heterocycles. The van der Waals surface area contributed by atoms with Gasteiger partial charge in [0, 0.05) is 51.0 Å². The highest BCUT2D eigenvalue weighted by Crippen LogP contribution is 2.32. The van der Waals surface area contributed by atoms with E-state index in [9.17, 15) is 14.3 Å². The van der Waals surface area contributed by atoms with Crippen LogP contribution in [0.3, 0.4) is 0 Å². The van der Waals surface area contributed by atoms with Crippen molar-refractivity contribution in [1.29, 1.82) is 0 Å². The van der Waals surface area contributed by atoms with Crippen LogP contribution in [-0.4, -0.2) is 92.8 Å². The number of piperazine rings is 1. The lowest BCUT2D eigenvalue weighted by Gasteiger charge is -2.37. The van der Waals surface area contributed by atoms with Gasteiger partial charge < -0.3 is 20.1 Å². The van der Waals surface area contributed by atoms with Gasteiger partial charge in [0.15, 0.2) is 0 Å². The molecule has 1 atom stereocenters. The van der Waals surface area contributed by atoms with E-state index in [1.54, 1.807) is 31.0 Å². The minimum absolute atomic E-state index is 0.235. The molecule has 1 aliphatic carbocycles. The molecule has 3 aromatic heterocycles. The van der Waals surface area contributed by atoms with Gasteiger partial charge in [-0.15, -0.1) is 5.10 Å². The Bertz CT molecular complexity index is 1510. The molecule has 1 amide bonds. The summed E-state index contributed by atoms with van der Waals surface area (Å²) < 4.78 is 23.3. The normalized spacial score (nSPS) is 16.3. The van der Waals surface area contributed by atoms with Crippen molar-refractivity contribution in [2.24, 2.45) is 0 Å². The number of benzene rings is 1. The zero-order valence-electron chi connectivity index (χ0n) is 23.9. The van der Waals surface area contributed by atoms with Crippen molar-refractivity contribution in [3.8, 4) is 22.8 Å². The largest absolute Gasteiger partial charge is 0.494 e. The Hall–Kier alpha value is -4.03. The second-order valence-electron chi connectivity index (χ2n) is 10.7. The number of amides is 1. The number of β-amino-alcohol motifs (C(OH)–C–C–N with tert-alkyl or cyclic N) is 1. The number of carbonyl (C=O) groups excluding carboxylic acids is 1. The molecule has 41 heavy (non-hydrogen) atoms. The highest BCUT2D eigenvalue weighted by molar-refractivity contribution is 5.68. The average Bonchev–Trinajstić information content (AvgIpc) is 3.48. The quantitative estimate of drug-likeness (QED) is 0.314. The van der Waals surface area contributed by atoms with Crippen molar-refractivity contribution in [1.82, 2.24) is 34.6 Å². The van der Waals surface area contributed by atoms with Crippen LogP contribution in [0.4, 0.5) is 10.1 Å². The van der Waals surface area contributed by atoms with Crippen LogP contribution in [0, 0.1) is 19.7 Å². The van der Waals surface area contributed by atoms with E-state index in [-0.39, 0.29) is 11.9 Å². The van der Waals surface area contributed by atoms with Gasteiger partial charge in [-0.3, -0.25) is 14.1 Å². The molecule has 0 radical (unpaired) electrons. The van der Waals surface area contributed by atoms with Crippen LogP contribution < -0.4 is 15.0 Å². The van der Waals surface area contributed by atoms with Crippen molar-refractivity contribution in [2.75, 3.05) is 44.7 Å². The number of nitrogens with one attached hydrogen (secondary N) is 1. The van der Waals surface area contributed by atoms with E-state index >= 15 is 0 Å². The fraction of sp³-hybridized carbons (Fsp3) is 0.448. The zero-order valence-corrected chi connectivity index (χ0v) is 23.9. The van der Waals surface area contributed by atoms with Crippen molar-refractivity contribution in [3.63, 3.8) is 0 Å². The molecule has 2 aliphatic rings. The van der Waals surface area contributed by atoms with Gasteiger partial charge in [0.1, 0.15) is 22.9 Å². The number of rotatable bonds is 8. The minimum Gasteiger partial charge on any atom is -0.494 e. The minimum atomic E-state index is -0.336. The maximum absolute atomic E-state index is 13.9. The molecule has 6 rings (SSSR count). The Morgan fingerprint density at radius 3 is 2.51 bits per heavy atom. The summed E-state index contributed by atoms with van der Waals surface area (Å²) in [4.78, 5) is 18.7. The fourth-order valence-electron chi connectivity index (χ4n) is 4.99. The molecule has 0 spiro atoms. The van der Waals surface area contributed by atoms with E-state index in [1.807, 2.05) is 36.7 Å². The summed E-state index contributed by atoms with van der Waals surface area (Å²) in [6, 6.07) is 5.75. The molecule has 0 bridgehead atoms. The smallest absolute Gasteiger partial charge is 0.207 e. The topological polar surface area (TPSA) is 113 Å². The number of imidazole rings is 1. The van der Waals surface area contributed by atoms with Gasteiger partial charge in [-0.25, -0.2) is 14.1 Å². The number of ether oxygens (including phenoxy) is 1. The Balaban J connectivity index is 0.000000500. The summed E-state index contributed by atoms with van der Waals surface area (Å²) in [5, 5.41) is 21.0. The van der Waals surface area contributed by atoms with Crippen LogP contribution in [0.25, 0.3) is 22.7 Å². The van der Waals surface area contributed by atoms with E-state index in [0.29, 0.717) is 23.8 Å². The molecule has 1 aliphatic heterocycles. The Morgan fingerprint density at radius 2 is 1.88 bits per heavy atom. The Labute approximate surface area is 238 Å². The summed E-state index contributed by atoms with van der Waals surface area (Å²) in [6.45, 7) is 9.49. The molecular weight excluding hydrogens is 527 g/mol. The van der Waals surface area contributed by atoms with Crippen molar-refractivity contribution < 1.29 is 19.0 Å². The fourth-order valence-corrected chi connectivity index (χ4v) is 4.99. The van der Waals surface area contributed by atoms with Crippen LogP contribution in [-0.2, 0) is 4.79 Å². The monoisotopic (exact) mass is 564 g/mol. The number of anilines is 1. The third kappa shape index (κ3) is 6.49. The number of hydrogen-bond acceptors (Lipinski definition) is 8. The van der Waals surface area contributed by atoms with Crippen LogP contribution in [0.5, 0.6) is 5.75 Å². The molecule has 1 aromatic carbocycles. The summed E-state index contributed by atoms with van der Waals surface area (Å²) >= 11 is 0. The van der Waals surface area contributed by atoms with Crippen LogP contribution in [0.2, 0.25) is 0 Å². The zero-order chi connectivity index (χ0) is 29.1. The third-order valence-electron chi connectivity index (χ3n) is 7.41. The number of aromatic nitrogens is 5. The maximum Gasteiger partial charge on any atom is 0.207 e. The van der Waals surface area contributed by atoms with Crippen molar-refractivity contribution in [3.05, 3.63) is 53.7 Å². The number of methoxy groups -OCH3 is 1. The number of aliphatic hydroxyl groups is 1. The van der Waals surface area contributed by atoms with Gasteiger partial charge in [-0.1, -0.05) is 5.21 Å². The second kappa shape index (κ2) is 12.2. The van der Waals surface area contributed by atoms with Gasteiger partial charge in [0.05, 0.1) is 42.7 Å². The van der Waals surface area contributed by atoms with Gasteiger partial charge in [0.25, 0.3) is 0 Å². The molecule has 1 saturated carbocycles. The highest BCUT2D eigenvalue weighted by atomic mass is 19.1. The number of carbonyl (C=O) groups is 1. The van der Waals surface area contributed by atoms with Gasteiger partial charge in [-0.05, 0) is 56.9 Å². The number of halogens is 1. The van der Waals surface area contributed by atoms with E-state index < -0.39 is 0 Å². The number of aryl methyl sites for hydroxylation is 2. The Kier molecular flexibility index (Phi) is 8.50. The van der Waals surface area contributed by atoms with Crippen LogP contribution in [0.15, 0.2) is 36.8 Å². The van der Waals surface area contributed by atoms with E-state index in [1.165, 1.54) is 18.9 Å². The highest BCUT2D eigenvalue weighted by Gasteiger charge is 2.23.